The molecule has 0 unspecified atom stereocenters. The van der Waals surface area contributed by atoms with Crippen LogP contribution in [-0.2, 0) is 14.4 Å². The molecule has 7 heteroatoms. The Bertz CT molecular complexity index is 293. The van der Waals surface area contributed by atoms with E-state index in [2.05, 4.69) is 10.6 Å². The molecule has 1 atom stereocenters. The summed E-state index contributed by atoms with van der Waals surface area (Å²) in [6.07, 6.45) is 1.11. The number of rotatable bonds is 10. The lowest BCUT2D eigenvalue weighted by Crippen LogP contribution is -2.44. The molecule has 0 aliphatic heterocycles. The maximum Gasteiger partial charge on any atom is 0.326 e. The molecule has 104 valence electrons. The highest BCUT2D eigenvalue weighted by Crippen LogP contribution is 2.01. The van der Waals surface area contributed by atoms with Gasteiger partial charge in [-0.15, -0.1) is 0 Å². The van der Waals surface area contributed by atoms with Crippen LogP contribution in [-0.4, -0.2) is 47.2 Å². The van der Waals surface area contributed by atoms with Gasteiger partial charge < -0.3 is 20.8 Å². The summed E-state index contributed by atoms with van der Waals surface area (Å²) in [5, 5.41) is 22.5. The standard InChI is InChI=1S/C11H20N2O5/c1-2-6-12-7-9(14)13-8(11(17)18)4-3-5-10(15)16/h8,12H,2-7H2,1H3,(H,13,14)(H,15,16)(H,17,18)/t8-/m1/s1. The molecule has 0 radical (unpaired) electrons. The van der Waals surface area contributed by atoms with Gasteiger partial charge in [-0.1, -0.05) is 6.92 Å². The summed E-state index contributed by atoms with van der Waals surface area (Å²) in [6.45, 7) is 2.71. The highest BCUT2D eigenvalue weighted by atomic mass is 16.4. The number of nitrogens with one attached hydrogen (secondary N) is 2. The molecule has 0 bridgehead atoms. The van der Waals surface area contributed by atoms with E-state index in [9.17, 15) is 14.4 Å². The molecule has 0 aromatic rings. The molecule has 0 aliphatic carbocycles. The predicted octanol–water partition coefficient (Wildman–Crippen LogP) is -0.190. The quantitative estimate of drug-likeness (QED) is 0.405. The van der Waals surface area contributed by atoms with Gasteiger partial charge >= 0.3 is 11.9 Å². The Morgan fingerprint density at radius 2 is 1.89 bits per heavy atom. The third-order valence-electron chi connectivity index (χ3n) is 2.23. The van der Waals surface area contributed by atoms with Crippen molar-refractivity contribution in [2.45, 2.75) is 38.6 Å². The Balaban J connectivity index is 3.99. The summed E-state index contributed by atoms with van der Waals surface area (Å²) in [5.74, 6) is -2.52. The van der Waals surface area contributed by atoms with Crippen molar-refractivity contribution in [1.82, 2.24) is 10.6 Å². The zero-order chi connectivity index (χ0) is 14.0. The summed E-state index contributed by atoms with van der Waals surface area (Å²) in [6, 6.07) is -1.03. The van der Waals surface area contributed by atoms with Crippen LogP contribution in [0, 0.1) is 0 Å². The Hall–Kier alpha value is -1.63. The molecular formula is C11H20N2O5. The van der Waals surface area contributed by atoms with Gasteiger partial charge in [0.2, 0.25) is 5.91 Å². The van der Waals surface area contributed by atoms with Gasteiger partial charge in [-0.25, -0.2) is 4.79 Å². The first kappa shape index (κ1) is 16.4. The molecule has 0 heterocycles. The van der Waals surface area contributed by atoms with Gasteiger partial charge in [0, 0.05) is 6.42 Å². The number of carbonyl (C=O) groups is 3. The third kappa shape index (κ3) is 8.51. The molecule has 0 aromatic carbocycles. The van der Waals surface area contributed by atoms with Crippen molar-refractivity contribution in [3.8, 4) is 0 Å². The first-order valence-electron chi connectivity index (χ1n) is 5.92. The molecule has 1 amide bonds. The second-order valence-corrected chi connectivity index (χ2v) is 3.92. The third-order valence-corrected chi connectivity index (χ3v) is 2.23. The Morgan fingerprint density at radius 1 is 1.22 bits per heavy atom. The topological polar surface area (TPSA) is 116 Å². The predicted molar refractivity (Wildman–Crippen MR) is 64.2 cm³/mol. The fourth-order valence-electron chi connectivity index (χ4n) is 1.34. The minimum atomic E-state index is -1.15. The molecule has 4 N–H and O–H groups in total. The summed E-state index contributed by atoms with van der Waals surface area (Å²) in [5.41, 5.74) is 0. The number of carbonyl (C=O) groups excluding carboxylic acids is 1. The Morgan fingerprint density at radius 3 is 2.39 bits per heavy atom. The molecule has 18 heavy (non-hydrogen) atoms. The van der Waals surface area contributed by atoms with E-state index in [-0.39, 0.29) is 25.8 Å². The van der Waals surface area contributed by atoms with Gasteiger partial charge in [0.25, 0.3) is 0 Å². The van der Waals surface area contributed by atoms with Crippen LogP contribution in [0.1, 0.15) is 32.6 Å². The zero-order valence-corrected chi connectivity index (χ0v) is 10.4. The summed E-state index contributed by atoms with van der Waals surface area (Å²) in [4.78, 5) is 32.5. The van der Waals surface area contributed by atoms with E-state index in [0.717, 1.165) is 6.42 Å². The van der Waals surface area contributed by atoms with Crippen LogP contribution in [0.2, 0.25) is 0 Å². The smallest absolute Gasteiger partial charge is 0.326 e. The molecule has 0 spiro atoms. The molecule has 0 aliphatic rings. The van der Waals surface area contributed by atoms with Crippen molar-refractivity contribution in [2.24, 2.45) is 0 Å². The van der Waals surface area contributed by atoms with Crippen molar-refractivity contribution in [3.05, 3.63) is 0 Å². The summed E-state index contributed by atoms with van der Waals surface area (Å²) >= 11 is 0. The average Bonchev–Trinajstić information content (AvgIpc) is 2.27. The SMILES string of the molecule is CCCNCC(=O)N[C@H](CCCC(=O)O)C(=O)O. The van der Waals surface area contributed by atoms with E-state index < -0.39 is 23.9 Å². The first-order valence-corrected chi connectivity index (χ1v) is 5.92. The second kappa shape index (κ2) is 9.41. The number of amides is 1. The molecule has 0 aromatic heterocycles. The van der Waals surface area contributed by atoms with Crippen LogP contribution in [0.15, 0.2) is 0 Å². The number of hydrogen-bond acceptors (Lipinski definition) is 4. The fourth-order valence-corrected chi connectivity index (χ4v) is 1.34. The first-order chi connectivity index (χ1) is 8.47. The molecule has 0 saturated heterocycles. The van der Waals surface area contributed by atoms with E-state index in [1.54, 1.807) is 0 Å². The van der Waals surface area contributed by atoms with Gasteiger partial charge in [0.05, 0.1) is 6.54 Å². The van der Waals surface area contributed by atoms with Gasteiger partial charge in [0.1, 0.15) is 6.04 Å². The average molecular weight is 260 g/mol. The normalized spacial score (nSPS) is 11.8. The maximum atomic E-state index is 11.4. The minimum Gasteiger partial charge on any atom is -0.481 e. The second-order valence-electron chi connectivity index (χ2n) is 3.92. The Kier molecular flexibility index (Phi) is 8.55. The van der Waals surface area contributed by atoms with Gasteiger partial charge in [0.15, 0.2) is 0 Å². The Labute approximate surface area is 106 Å². The summed E-state index contributed by atoms with van der Waals surface area (Å²) < 4.78 is 0. The van der Waals surface area contributed by atoms with Crippen LogP contribution < -0.4 is 10.6 Å². The maximum absolute atomic E-state index is 11.4. The van der Waals surface area contributed by atoms with E-state index in [1.807, 2.05) is 6.92 Å². The lowest BCUT2D eigenvalue weighted by molar-refractivity contribution is -0.142. The summed E-state index contributed by atoms with van der Waals surface area (Å²) in [7, 11) is 0. The lowest BCUT2D eigenvalue weighted by atomic mass is 10.1. The van der Waals surface area contributed by atoms with Crippen LogP contribution in [0.4, 0.5) is 0 Å². The minimum absolute atomic E-state index is 0.0660. The number of aliphatic carboxylic acids is 2. The fraction of sp³-hybridized carbons (Fsp3) is 0.727. The van der Waals surface area contributed by atoms with Gasteiger partial charge in [-0.3, -0.25) is 9.59 Å². The van der Waals surface area contributed by atoms with Crippen LogP contribution in [0.25, 0.3) is 0 Å². The highest BCUT2D eigenvalue weighted by Gasteiger charge is 2.19. The van der Waals surface area contributed by atoms with Crippen molar-refractivity contribution < 1.29 is 24.6 Å². The molecule has 7 nitrogen and oxygen atoms in total. The van der Waals surface area contributed by atoms with Crippen molar-refractivity contribution in [2.75, 3.05) is 13.1 Å². The number of carboxylic acids is 2. The van der Waals surface area contributed by atoms with E-state index >= 15 is 0 Å². The van der Waals surface area contributed by atoms with E-state index in [0.29, 0.717) is 6.54 Å². The van der Waals surface area contributed by atoms with Crippen LogP contribution >= 0.6 is 0 Å². The van der Waals surface area contributed by atoms with E-state index in [4.69, 9.17) is 10.2 Å². The van der Waals surface area contributed by atoms with Crippen molar-refractivity contribution in [1.29, 1.82) is 0 Å². The number of hydrogen-bond donors (Lipinski definition) is 4. The van der Waals surface area contributed by atoms with Crippen LogP contribution in [0.5, 0.6) is 0 Å². The lowest BCUT2D eigenvalue weighted by Gasteiger charge is -2.14. The van der Waals surface area contributed by atoms with Crippen molar-refractivity contribution >= 4 is 17.8 Å². The number of carboxylic acid groups (broad SMARTS) is 2. The van der Waals surface area contributed by atoms with Gasteiger partial charge in [-0.2, -0.15) is 0 Å². The van der Waals surface area contributed by atoms with Crippen molar-refractivity contribution in [3.63, 3.8) is 0 Å². The monoisotopic (exact) mass is 260 g/mol. The molecule has 0 fully saturated rings. The largest absolute Gasteiger partial charge is 0.481 e. The van der Waals surface area contributed by atoms with Crippen LogP contribution in [0.3, 0.4) is 0 Å². The molecular weight excluding hydrogens is 240 g/mol. The molecule has 0 saturated carbocycles. The molecule has 0 rings (SSSR count). The van der Waals surface area contributed by atoms with Gasteiger partial charge in [-0.05, 0) is 25.8 Å². The highest BCUT2D eigenvalue weighted by molar-refractivity contribution is 5.84. The zero-order valence-electron chi connectivity index (χ0n) is 10.4. The van der Waals surface area contributed by atoms with E-state index in [1.165, 1.54) is 0 Å².